The van der Waals surface area contributed by atoms with E-state index in [0.29, 0.717) is 18.1 Å². The first-order valence-electron chi connectivity index (χ1n) is 6.69. The van der Waals surface area contributed by atoms with Crippen LogP contribution in [0.25, 0.3) is 0 Å². The largest absolute Gasteiger partial charge is 0.363 e. The van der Waals surface area contributed by atoms with Gasteiger partial charge in [0.25, 0.3) is 5.89 Å². The van der Waals surface area contributed by atoms with E-state index in [2.05, 4.69) is 27.2 Å². The Hall–Kier alpha value is -1.73. The summed E-state index contributed by atoms with van der Waals surface area (Å²) in [5, 5.41) is 7.90. The molecule has 1 aliphatic heterocycles. The molecule has 0 radical (unpaired) electrons. The maximum absolute atomic E-state index is 5.84. The fraction of sp³-hybridized carbons (Fsp3) is 0.615. The molecule has 7 heteroatoms. The van der Waals surface area contributed by atoms with Crippen LogP contribution in [-0.4, -0.2) is 46.4 Å². The van der Waals surface area contributed by atoms with Gasteiger partial charge in [-0.05, 0) is 20.9 Å². The first kappa shape index (κ1) is 13.3. The van der Waals surface area contributed by atoms with E-state index in [-0.39, 0.29) is 12.2 Å². The average molecular weight is 278 g/mol. The molecule has 2 aromatic heterocycles. The lowest BCUT2D eigenvalue weighted by Gasteiger charge is -2.32. The molecule has 0 unspecified atom stereocenters. The lowest BCUT2D eigenvalue weighted by atomic mass is 10.2. The van der Waals surface area contributed by atoms with Gasteiger partial charge >= 0.3 is 0 Å². The van der Waals surface area contributed by atoms with E-state index in [1.54, 1.807) is 0 Å². The van der Waals surface area contributed by atoms with Gasteiger partial charge in [-0.25, -0.2) is 0 Å². The van der Waals surface area contributed by atoms with E-state index in [1.165, 1.54) is 0 Å². The molecule has 1 aliphatic rings. The first-order chi connectivity index (χ1) is 9.60. The fourth-order valence-corrected chi connectivity index (χ4v) is 2.43. The number of hydrogen-bond acceptors (Lipinski definition) is 7. The molecule has 20 heavy (non-hydrogen) atoms. The standard InChI is InChI=1S/C13H18N4O3/c1-8-4-10(15-19-8)5-12-14-13(20-16-12)11-7-17(3)6-9(2)18-11/h4,9,11H,5-7H2,1-3H3/t9-,11-/m1/s1. The minimum absolute atomic E-state index is 0.160. The van der Waals surface area contributed by atoms with Crippen LogP contribution >= 0.6 is 0 Å². The Labute approximate surface area is 116 Å². The third-order valence-corrected chi connectivity index (χ3v) is 3.22. The Bertz CT molecular complexity index is 570. The van der Waals surface area contributed by atoms with Crippen molar-refractivity contribution in [2.45, 2.75) is 32.5 Å². The molecule has 1 saturated heterocycles. The average Bonchev–Trinajstić information content (AvgIpc) is 2.98. The quantitative estimate of drug-likeness (QED) is 0.838. The summed E-state index contributed by atoms with van der Waals surface area (Å²) in [5.41, 5.74) is 0.796. The summed E-state index contributed by atoms with van der Waals surface area (Å²) in [6.45, 7) is 5.56. The maximum atomic E-state index is 5.84. The molecule has 2 aromatic rings. The van der Waals surface area contributed by atoms with Crippen molar-refractivity contribution < 1.29 is 13.8 Å². The highest BCUT2D eigenvalue weighted by molar-refractivity contribution is 5.09. The molecule has 0 amide bonds. The van der Waals surface area contributed by atoms with E-state index in [0.717, 1.165) is 24.5 Å². The van der Waals surface area contributed by atoms with Crippen LogP contribution < -0.4 is 0 Å². The second-order valence-corrected chi connectivity index (χ2v) is 5.31. The zero-order valence-corrected chi connectivity index (χ0v) is 11.9. The van der Waals surface area contributed by atoms with Crippen LogP contribution in [0.15, 0.2) is 15.1 Å². The molecule has 0 bridgehead atoms. The molecule has 0 aromatic carbocycles. The van der Waals surface area contributed by atoms with Gasteiger partial charge in [-0.1, -0.05) is 10.3 Å². The van der Waals surface area contributed by atoms with Gasteiger partial charge in [0, 0.05) is 19.2 Å². The van der Waals surface area contributed by atoms with Crippen LogP contribution in [0, 0.1) is 6.92 Å². The smallest absolute Gasteiger partial charge is 0.257 e. The van der Waals surface area contributed by atoms with Crippen molar-refractivity contribution in [1.29, 1.82) is 0 Å². The number of aryl methyl sites for hydroxylation is 1. The van der Waals surface area contributed by atoms with Gasteiger partial charge in [0.15, 0.2) is 5.82 Å². The van der Waals surface area contributed by atoms with E-state index >= 15 is 0 Å². The molecule has 7 nitrogen and oxygen atoms in total. The minimum atomic E-state index is -0.163. The maximum Gasteiger partial charge on any atom is 0.257 e. The lowest BCUT2D eigenvalue weighted by Crippen LogP contribution is -2.40. The van der Waals surface area contributed by atoms with E-state index in [1.807, 2.05) is 19.9 Å². The zero-order chi connectivity index (χ0) is 14.1. The summed E-state index contributed by atoms with van der Waals surface area (Å²) in [5.74, 6) is 1.89. The number of aromatic nitrogens is 3. The summed E-state index contributed by atoms with van der Waals surface area (Å²) in [6.07, 6.45) is 0.496. The Morgan fingerprint density at radius 1 is 1.30 bits per heavy atom. The van der Waals surface area contributed by atoms with E-state index < -0.39 is 0 Å². The van der Waals surface area contributed by atoms with E-state index in [9.17, 15) is 0 Å². The number of morpholine rings is 1. The number of nitrogens with zero attached hydrogens (tertiary/aromatic N) is 4. The number of hydrogen-bond donors (Lipinski definition) is 0. The molecular formula is C13H18N4O3. The van der Waals surface area contributed by atoms with Crippen LogP contribution in [0.3, 0.4) is 0 Å². The molecule has 108 valence electrons. The lowest BCUT2D eigenvalue weighted by molar-refractivity contribution is -0.0838. The molecule has 2 atom stereocenters. The first-order valence-corrected chi connectivity index (χ1v) is 6.69. The number of ether oxygens (including phenoxy) is 1. The molecule has 0 spiro atoms. The van der Waals surface area contributed by atoms with Crippen molar-refractivity contribution in [3.63, 3.8) is 0 Å². The van der Waals surface area contributed by atoms with Gasteiger partial charge in [-0.2, -0.15) is 4.98 Å². The van der Waals surface area contributed by atoms with Crippen LogP contribution in [0.2, 0.25) is 0 Å². The molecule has 0 aliphatic carbocycles. The highest BCUT2D eigenvalue weighted by Crippen LogP contribution is 2.23. The van der Waals surface area contributed by atoms with E-state index in [4.69, 9.17) is 13.8 Å². The highest BCUT2D eigenvalue weighted by Gasteiger charge is 2.28. The Morgan fingerprint density at radius 2 is 2.15 bits per heavy atom. The molecule has 3 heterocycles. The minimum Gasteiger partial charge on any atom is -0.363 e. The predicted octanol–water partition coefficient (Wildman–Crippen LogP) is 1.35. The van der Waals surface area contributed by atoms with Crippen LogP contribution in [0.1, 0.15) is 36.2 Å². The van der Waals surface area contributed by atoms with Crippen molar-refractivity contribution in [1.82, 2.24) is 20.2 Å². The summed E-state index contributed by atoms with van der Waals surface area (Å²) >= 11 is 0. The third-order valence-electron chi connectivity index (χ3n) is 3.22. The predicted molar refractivity (Wildman–Crippen MR) is 69.1 cm³/mol. The van der Waals surface area contributed by atoms with Crippen LogP contribution in [0.4, 0.5) is 0 Å². The normalized spacial score (nSPS) is 24.1. The number of rotatable bonds is 3. The van der Waals surface area contributed by atoms with Crippen LogP contribution in [0.5, 0.6) is 0 Å². The molecule has 0 saturated carbocycles. The van der Waals surface area contributed by atoms with Gasteiger partial charge in [0.05, 0.1) is 18.2 Å². The molecule has 0 N–H and O–H groups in total. The van der Waals surface area contributed by atoms with Gasteiger partial charge in [0.1, 0.15) is 11.9 Å². The summed E-state index contributed by atoms with van der Waals surface area (Å²) in [6, 6.07) is 1.86. The highest BCUT2D eigenvalue weighted by atomic mass is 16.5. The van der Waals surface area contributed by atoms with Crippen molar-refractivity contribution in [2.24, 2.45) is 0 Å². The Kier molecular flexibility index (Phi) is 3.54. The number of likely N-dealkylation sites (N-methyl/N-ethyl adjacent to an activating group) is 1. The molecule has 1 fully saturated rings. The van der Waals surface area contributed by atoms with Gasteiger partial charge in [-0.15, -0.1) is 0 Å². The Balaban J connectivity index is 1.70. The SMILES string of the molecule is Cc1cc(Cc2noc([C@H]3CN(C)C[C@@H](C)O3)n2)no1. The van der Waals surface area contributed by atoms with Gasteiger partial charge < -0.3 is 18.7 Å². The second kappa shape index (κ2) is 5.34. The van der Waals surface area contributed by atoms with Gasteiger partial charge in [0.2, 0.25) is 0 Å². The summed E-state index contributed by atoms with van der Waals surface area (Å²) in [4.78, 5) is 6.59. The monoisotopic (exact) mass is 278 g/mol. The van der Waals surface area contributed by atoms with Crippen molar-refractivity contribution in [3.05, 3.63) is 29.2 Å². The van der Waals surface area contributed by atoms with Crippen LogP contribution in [-0.2, 0) is 11.2 Å². The van der Waals surface area contributed by atoms with Crippen molar-refractivity contribution in [2.75, 3.05) is 20.1 Å². The third kappa shape index (κ3) is 2.88. The molecule has 3 rings (SSSR count). The second-order valence-electron chi connectivity index (χ2n) is 5.31. The topological polar surface area (TPSA) is 77.4 Å². The summed E-state index contributed by atoms with van der Waals surface area (Å²) in [7, 11) is 2.06. The fourth-order valence-electron chi connectivity index (χ4n) is 2.43. The molecular weight excluding hydrogens is 260 g/mol. The summed E-state index contributed by atoms with van der Waals surface area (Å²) < 4.78 is 16.2. The van der Waals surface area contributed by atoms with Crippen molar-refractivity contribution in [3.8, 4) is 0 Å². The Morgan fingerprint density at radius 3 is 2.85 bits per heavy atom. The van der Waals surface area contributed by atoms with Crippen molar-refractivity contribution >= 4 is 0 Å². The van der Waals surface area contributed by atoms with Gasteiger partial charge in [-0.3, -0.25) is 0 Å². The zero-order valence-electron chi connectivity index (χ0n) is 11.9.